The molecule has 1 aromatic carbocycles. The fourth-order valence-electron chi connectivity index (χ4n) is 3.17. The van der Waals surface area contributed by atoms with Gasteiger partial charge in [-0.15, -0.1) is 0 Å². The normalized spacial score (nSPS) is 25.0. The van der Waals surface area contributed by atoms with E-state index in [1.54, 1.807) is 0 Å². The van der Waals surface area contributed by atoms with Gasteiger partial charge < -0.3 is 16.2 Å². The van der Waals surface area contributed by atoms with Gasteiger partial charge in [0, 0.05) is 19.6 Å². The zero-order valence-electron chi connectivity index (χ0n) is 11.7. The van der Waals surface area contributed by atoms with E-state index in [1.165, 1.54) is 11.1 Å². The van der Waals surface area contributed by atoms with Crippen molar-refractivity contribution in [1.29, 1.82) is 0 Å². The third kappa shape index (κ3) is 2.77. The number of hydrogen-bond acceptors (Lipinski definition) is 4. The molecule has 2 aliphatic rings. The van der Waals surface area contributed by atoms with E-state index in [-0.39, 0.29) is 0 Å². The molecule has 1 aromatic rings. The minimum atomic E-state index is -0.486. The molecule has 2 amide bonds. The molecular formula is C15H19N3O3. The predicted molar refractivity (Wildman–Crippen MR) is 75.6 cm³/mol. The molecule has 2 aliphatic heterocycles. The summed E-state index contributed by atoms with van der Waals surface area (Å²) >= 11 is 0. The largest absolute Gasteiger partial charge is 0.372 e. The molecule has 1 saturated heterocycles. The van der Waals surface area contributed by atoms with Gasteiger partial charge in [-0.05, 0) is 16.7 Å². The van der Waals surface area contributed by atoms with E-state index < -0.39 is 23.7 Å². The maximum Gasteiger partial charge on any atom is 0.222 e. The van der Waals surface area contributed by atoms with Crippen LogP contribution in [0, 0.1) is 11.8 Å². The number of fused-ring (bicyclic) bond motifs is 1. The molecule has 0 unspecified atom stereocenters. The Labute approximate surface area is 123 Å². The lowest BCUT2D eigenvalue weighted by Gasteiger charge is -2.15. The molecule has 0 radical (unpaired) electrons. The van der Waals surface area contributed by atoms with Crippen molar-refractivity contribution in [2.75, 3.05) is 13.1 Å². The van der Waals surface area contributed by atoms with E-state index in [1.807, 2.05) is 0 Å². The number of carbonyl (C=O) groups excluding carboxylic acids is 2. The van der Waals surface area contributed by atoms with Crippen LogP contribution >= 0.6 is 0 Å². The lowest BCUT2D eigenvalue weighted by molar-refractivity contribution is -0.129. The molecule has 2 atom stereocenters. The van der Waals surface area contributed by atoms with Gasteiger partial charge in [0.15, 0.2) is 0 Å². The molecule has 3 rings (SSSR count). The average molecular weight is 289 g/mol. The number of carbonyl (C=O) groups is 2. The Morgan fingerprint density at radius 3 is 2.33 bits per heavy atom. The van der Waals surface area contributed by atoms with Crippen LogP contribution in [-0.2, 0) is 34.1 Å². The number of benzene rings is 1. The Bertz CT molecular complexity index is 566. The number of ether oxygens (including phenoxy) is 1. The summed E-state index contributed by atoms with van der Waals surface area (Å²) in [6.45, 7) is 2.97. The fraction of sp³-hybridized carbons (Fsp3) is 0.467. The van der Waals surface area contributed by atoms with Crippen molar-refractivity contribution in [1.82, 2.24) is 4.90 Å². The van der Waals surface area contributed by atoms with Crippen molar-refractivity contribution in [2.45, 2.75) is 19.8 Å². The molecule has 2 heterocycles. The monoisotopic (exact) mass is 289 g/mol. The number of nitrogens with zero attached hydrogens (tertiary/aromatic N) is 1. The number of likely N-dealkylation sites (tertiary alicyclic amines) is 1. The number of amides is 2. The van der Waals surface area contributed by atoms with Crippen LogP contribution in [-0.4, -0.2) is 29.8 Å². The Balaban J connectivity index is 1.71. The van der Waals surface area contributed by atoms with Crippen molar-refractivity contribution in [3.8, 4) is 0 Å². The molecular weight excluding hydrogens is 270 g/mol. The standard InChI is InChI=1S/C15H19N3O3/c16-14(19)12-5-18(6-13(12)15(17)20)4-9-1-2-10-7-21-8-11(10)3-9/h1-3,12-13H,4-8H2,(H2,16,19)(H2,17,20)/t12-,13-/m1/s1. The van der Waals surface area contributed by atoms with Crippen LogP contribution in [0.15, 0.2) is 18.2 Å². The van der Waals surface area contributed by atoms with Gasteiger partial charge in [0.1, 0.15) is 0 Å². The highest BCUT2D eigenvalue weighted by atomic mass is 16.5. The van der Waals surface area contributed by atoms with E-state index in [9.17, 15) is 9.59 Å². The van der Waals surface area contributed by atoms with E-state index >= 15 is 0 Å². The first-order chi connectivity index (χ1) is 10.0. The molecule has 0 aromatic heterocycles. The third-order valence-electron chi connectivity index (χ3n) is 4.32. The van der Waals surface area contributed by atoms with Gasteiger partial charge >= 0.3 is 0 Å². The SMILES string of the molecule is NC(=O)[C@@H]1CN(Cc2ccc3c(c2)COC3)C[C@H]1C(N)=O. The molecule has 4 N–H and O–H groups in total. The first-order valence-electron chi connectivity index (χ1n) is 7.04. The molecule has 1 fully saturated rings. The van der Waals surface area contributed by atoms with Gasteiger partial charge in [0.2, 0.25) is 11.8 Å². The second-order valence-electron chi connectivity index (χ2n) is 5.81. The number of nitrogens with two attached hydrogens (primary N) is 2. The van der Waals surface area contributed by atoms with Crippen LogP contribution in [0.1, 0.15) is 16.7 Å². The highest BCUT2D eigenvalue weighted by Gasteiger charge is 2.39. The lowest BCUT2D eigenvalue weighted by Crippen LogP contribution is -2.36. The average Bonchev–Trinajstić information content (AvgIpc) is 3.04. The molecule has 6 heteroatoms. The van der Waals surface area contributed by atoms with Crippen molar-refractivity contribution in [3.63, 3.8) is 0 Å². The minimum absolute atomic E-state index is 0.455. The van der Waals surface area contributed by atoms with E-state index in [0.717, 1.165) is 5.56 Å². The predicted octanol–water partition coefficient (Wildman–Crippen LogP) is -0.265. The second kappa shape index (κ2) is 5.46. The van der Waals surface area contributed by atoms with Crippen LogP contribution in [0.3, 0.4) is 0 Å². The first kappa shape index (κ1) is 14.0. The van der Waals surface area contributed by atoms with Gasteiger partial charge in [-0.1, -0.05) is 18.2 Å². The number of rotatable bonds is 4. The number of primary amides is 2. The summed E-state index contributed by atoms with van der Waals surface area (Å²) in [6.07, 6.45) is 0. The van der Waals surface area contributed by atoms with Crippen LogP contribution in [0.4, 0.5) is 0 Å². The quantitative estimate of drug-likeness (QED) is 0.797. The summed E-state index contributed by atoms with van der Waals surface area (Å²) in [6, 6.07) is 6.26. The van der Waals surface area contributed by atoms with Gasteiger partial charge in [-0.3, -0.25) is 14.5 Å². The summed E-state index contributed by atoms with van der Waals surface area (Å²) in [7, 11) is 0. The maximum absolute atomic E-state index is 11.4. The Morgan fingerprint density at radius 2 is 1.71 bits per heavy atom. The smallest absolute Gasteiger partial charge is 0.222 e. The van der Waals surface area contributed by atoms with Crippen molar-refractivity contribution < 1.29 is 14.3 Å². The van der Waals surface area contributed by atoms with E-state index in [0.29, 0.717) is 32.8 Å². The lowest BCUT2D eigenvalue weighted by atomic mass is 9.95. The summed E-state index contributed by atoms with van der Waals surface area (Å²) in [5, 5.41) is 0. The molecule has 112 valence electrons. The second-order valence-corrected chi connectivity index (χ2v) is 5.81. The van der Waals surface area contributed by atoms with Crippen LogP contribution < -0.4 is 11.5 Å². The van der Waals surface area contributed by atoms with Crippen molar-refractivity contribution in [2.24, 2.45) is 23.3 Å². The topological polar surface area (TPSA) is 98.7 Å². The van der Waals surface area contributed by atoms with Gasteiger partial charge in [0.05, 0.1) is 25.0 Å². The Kier molecular flexibility index (Phi) is 3.65. The zero-order chi connectivity index (χ0) is 15.0. The number of hydrogen-bond donors (Lipinski definition) is 2. The van der Waals surface area contributed by atoms with E-state index in [4.69, 9.17) is 16.2 Å². The Morgan fingerprint density at radius 1 is 1.10 bits per heavy atom. The Hall–Kier alpha value is -1.92. The molecule has 0 saturated carbocycles. The summed E-state index contributed by atoms with van der Waals surface area (Å²) < 4.78 is 5.40. The van der Waals surface area contributed by atoms with Crippen LogP contribution in [0.2, 0.25) is 0 Å². The summed E-state index contributed by atoms with van der Waals surface area (Å²) in [4.78, 5) is 24.9. The summed E-state index contributed by atoms with van der Waals surface area (Å²) in [5.74, 6) is -1.88. The molecule has 21 heavy (non-hydrogen) atoms. The van der Waals surface area contributed by atoms with Gasteiger partial charge in [0.25, 0.3) is 0 Å². The fourth-order valence-corrected chi connectivity index (χ4v) is 3.17. The third-order valence-corrected chi connectivity index (χ3v) is 4.32. The van der Waals surface area contributed by atoms with Gasteiger partial charge in [-0.2, -0.15) is 0 Å². The van der Waals surface area contributed by atoms with E-state index in [2.05, 4.69) is 23.1 Å². The maximum atomic E-state index is 11.4. The zero-order valence-corrected chi connectivity index (χ0v) is 11.7. The molecule has 6 nitrogen and oxygen atoms in total. The van der Waals surface area contributed by atoms with Gasteiger partial charge in [-0.25, -0.2) is 0 Å². The minimum Gasteiger partial charge on any atom is -0.372 e. The van der Waals surface area contributed by atoms with Crippen molar-refractivity contribution >= 4 is 11.8 Å². The molecule has 0 bridgehead atoms. The molecule has 0 aliphatic carbocycles. The van der Waals surface area contributed by atoms with Crippen LogP contribution in [0.5, 0.6) is 0 Å². The van der Waals surface area contributed by atoms with Crippen molar-refractivity contribution in [3.05, 3.63) is 34.9 Å². The highest BCUT2D eigenvalue weighted by molar-refractivity contribution is 5.87. The molecule has 0 spiro atoms. The first-order valence-corrected chi connectivity index (χ1v) is 7.04. The highest BCUT2D eigenvalue weighted by Crippen LogP contribution is 2.26. The summed E-state index contributed by atoms with van der Waals surface area (Å²) in [5.41, 5.74) is 14.3. The van der Waals surface area contributed by atoms with Crippen LogP contribution in [0.25, 0.3) is 0 Å².